The van der Waals surface area contributed by atoms with Crippen molar-refractivity contribution in [2.75, 3.05) is 10.6 Å². The van der Waals surface area contributed by atoms with Gasteiger partial charge >= 0.3 is 0 Å². The molecule has 0 fully saturated rings. The average Bonchev–Trinajstić information content (AvgIpc) is 3.54. The van der Waals surface area contributed by atoms with Crippen LogP contribution in [0.3, 0.4) is 0 Å². The number of thioether (sulfide) groups is 1. The Kier molecular flexibility index (Phi) is 10.9. The van der Waals surface area contributed by atoms with E-state index in [0.717, 1.165) is 14.9 Å². The van der Waals surface area contributed by atoms with Crippen LogP contribution in [0.1, 0.15) is 22.8 Å². The molecule has 0 aliphatic carbocycles. The highest BCUT2D eigenvalue weighted by atomic mass is 79.9. The molecule has 47 heavy (non-hydrogen) atoms. The van der Waals surface area contributed by atoms with Crippen LogP contribution in [0.15, 0.2) is 124 Å². The molecule has 1 heterocycles. The summed E-state index contributed by atoms with van der Waals surface area (Å²) in [4.78, 5) is 55.0. The lowest BCUT2D eigenvalue weighted by Crippen LogP contribution is -2.30. The molecule has 0 spiro atoms. The van der Waals surface area contributed by atoms with Crippen molar-refractivity contribution in [2.24, 2.45) is 0 Å². The summed E-state index contributed by atoms with van der Waals surface area (Å²) in [5, 5.41) is 21.1. The number of amides is 3. The van der Waals surface area contributed by atoms with Crippen molar-refractivity contribution in [1.82, 2.24) is 10.3 Å². The normalized spacial score (nSPS) is 11.7. The van der Waals surface area contributed by atoms with Gasteiger partial charge in [-0.2, -0.15) is 0 Å². The largest absolute Gasteiger partial charge is 0.321 e. The van der Waals surface area contributed by atoms with Gasteiger partial charge in [0.15, 0.2) is 5.13 Å². The highest BCUT2D eigenvalue weighted by Crippen LogP contribution is 2.29. The van der Waals surface area contributed by atoms with E-state index in [1.54, 1.807) is 85.1 Å². The van der Waals surface area contributed by atoms with E-state index in [1.165, 1.54) is 35.2 Å². The van der Waals surface area contributed by atoms with Gasteiger partial charge in [-0.15, -0.1) is 23.1 Å². The second kappa shape index (κ2) is 15.5. The van der Waals surface area contributed by atoms with Crippen LogP contribution in [-0.2, 0) is 9.59 Å². The summed E-state index contributed by atoms with van der Waals surface area (Å²) in [5.41, 5.74) is 2.77. The smallest absolute Gasteiger partial charge is 0.272 e. The third-order valence-electron chi connectivity index (χ3n) is 6.57. The monoisotopic (exact) mass is 727 g/mol. The molecule has 4 aromatic carbocycles. The number of benzene rings is 4. The Morgan fingerprint density at radius 3 is 2.40 bits per heavy atom. The summed E-state index contributed by atoms with van der Waals surface area (Å²) in [6.45, 7) is 1.76. The van der Waals surface area contributed by atoms with E-state index < -0.39 is 22.0 Å². The first-order valence-electron chi connectivity index (χ1n) is 14.1. The lowest BCUT2D eigenvalue weighted by Gasteiger charge is -2.13. The van der Waals surface area contributed by atoms with Crippen molar-refractivity contribution in [3.05, 3.63) is 140 Å². The number of nitro benzene ring substituents is 1. The van der Waals surface area contributed by atoms with Gasteiger partial charge in [0, 0.05) is 43.7 Å². The number of hydrogen-bond donors (Lipinski definition) is 3. The molecule has 0 aliphatic heterocycles. The molecule has 236 valence electrons. The molecule has 13 heteroatoms. The third kappa shape index (κ3) is 9.22. The molecular weight excluding hydrogens is 702 g/mol. The first-order chi connectivity index (χ1) is 22.6. The molecule has 5 rings (SSSR count). The molecule has 0 aliphatic rings. The van der Waals surface area contributed by atoms with Crippen LogP contribution in [0.25, 0.3) is 17.3 Å². The Labute approximate surface area is 286 Å². The summed E-state index contributed by atoms with van der Waals surface area (Å²) in [6.07, 6.45) is 1.60. The quantitative estimate of drug-likeness (QED) is 0.0541. The predicted octanol–water partition coefficient (Wildman–Crippen LogP) is 8.01. The number of halogens is 1. The minimum Gasteiger partial charge on any atom is -0.321 e. The number of aromatic nitrogens is 1. The highest BCUT2D eigenvalue weighted by molar-refractivity contribution is 9.10. The second-order valence-electron chi connectivity index (χ2n) is 10.0. The first-order valence-corrected chi connectivity index (χ1v) is 16.6. The molecule has 3 N–H and O–H groups in total. The van der Waals surface area contributed by atoms with Crippen molar-refractivity contribution in [1.29, 1.82) is 0 Å². The Morgan fingerprint density at radius 2 is 1.68 bits per heavy atom. The molecular formula is C34H26BrN5O5S2. The van der Waals surface area contributed by atoms with Crippen molar-refractivity contribution in [2.45, 2.75) is 17.1 Å². The zero-order chi connectivity index (χ0) is 33.3. The molecule has 10 nitrogen and oxygen atoms in total. The van der Waals surface area contributed by atoms with E-state index in [2.05, 4.69) is 36.9 Å². The molecule has 0 bridgehead atoms. The summed E-state index contributed by atoms with van der Waals surface area (Å²) >= 11 is 5.98. The van der Waals surface area contributed by atoms with Crippen LogP contribution in [0.2, 0.25) is 0 Å². The van der Waals surface area contributed by atoms with Crippen LogP contribution in [0, 0.1) is 10.1 Å². The molecule has 0 radical (unpaired) electrons. The van der Waals surface area contributed by atoms with Gasteiger partial charge in [0.25, 0.3) is 17.5 Å². The maximum Gasteiger partial charge on any atom is 0.272 e. The molecule has 5 aromatic rings. The van der Waals surface area contributed by atoms with E-state index >= 15 is 0 Å². The molecule has 3 amide bonds. The minimum atomic E-state index is -0.504. The number of anilines is 2. The van der Waals surface area contributed by atoms with Crippen molar-refractivity contribution in [3.63, 3.8) is 0 Å². The molecule has 1 unspecified atom stereocenters. The number of nitrogens with zero attached hydrogens (tertiary/aromatic N) is 2. The Balaban J connectivity index is 1.21. The van der Waals surface area contributed by atoms with Crippen molar-refractivity contribution in [3.8, 4) is 11.3 Å². The number of nitrogens with one attached hydrogen (secondary N) is 3. The Hall–Kier alpha value is -5.11. The summed E-state index contributed by atoms with van der Waals surface area (Å²) in [6, 6.07) is 29.1. The third-order valence-corrected chi connectivity index (χ3v) is 8.93. The van der Waals surface area contributed by atoms with Gasteiger partial charge in [0.05, 0.1) is 15.9 Å². The van der Waals surface area contributed by atoms with Gasteiger partial charge in [-0.05, 0) is 67.1 Å². The van der Waals surface area contributed by atoms with Gasteiger partial charge in [0.1, 0.15) is 5.70 Å². The van der Waals surface area contributed by atoms with Gasteiger partial charge in [0.2, 0.25) is 5.91 Å². The van der Waals surface area contributed by atoms with Crippen LogP contribution in [-0.4, -0.2) is 32.9 Å². The van der Waals surface area contributed by atoms with Crippen molar-refractivity contribution >= 4 is 79.3 Å². The first kappa shape index (κ1) is 33.3. The van der Waals surface area contributed by atoms with E-state index in [1.807, 2.05) is 24.3 Å². The van der Waals surface area contributed by atoms with E-state index in [-0.39, 0.29) is 17.3 Å². The molecule has 1 aromatic heterocycles. The second-order valence-corrected chi connectivity index (χ2v) is 13.2. The Morgan fingerprint density at radius 1 is 0.936 bits per heavy atom. The van der Waals surface area contributed by atoms with E-state index in [0.29, 0.717) is 27.6 Å². The maximum atomic E-state index is 13.3. The van der Waals surface area contributed by atoms with Crippen LogP contribution in [0.4, 0.5) is 16.5 Å². The topological polar surface area (TPSA) is 143 Å². The zero-order valence-corrected chi connectivity index (χ0v) is 27.9. The number of thiazole rings is 1. The fraction of sp³-hybridized carbons (Fsp3) is 0.0588. The SMILES string of the molecule is CC(Sc1ccc(NC(=O)/C(=C/c2cccc(Br)c2)NC(=O)c2ccccc2)cc1)C(=O)Nc1nc(-c2cccc([N+](=O)[O-])c2)cs1. The number of nitro groups is 1. The Bertz CT molecular complexity index is 1970. The standard InChI is InChI=1S/C34H26BrN5O5S2/c1-21(31(41)39-34-38-30(20-46-34)24-10-6-12-27(19-24)40(44)45)47-28-15-13-26(14-16-28)36-33(43)29(18-22-7-5-11-25(35)17-22)37-32(42)23-8-3-2-4-9-23/h2-21H,1H3,(H,36,43)(H,37,42)(H,38,39,41)/b29-18-. The van der Waals surface area contributed by atoms with Gasteiger partial charge in [-0.3, -0.25) is 24.5 Å². The van der Waals surface area contributed by atoms with E-state index in [4.69, 9.17) is 0 Å². The summed E-state index contributed by atoms with van der Waals surface area (Å²) < 4.78 is 0.827. The van der Waals surface area contributed by atoms with Gasteiger partial charge in [-0.25, -0.2) is 4.98 Å². The van der Waals surface area contributed by atoms with E-state index in [9.17, 15) is 24.5 Å². The molecule has 0 saturated heterocycles. The number of carbonyl (C=O) groups excluding carboxylic acids is 3. The fourth-order valence-corrected chi connectivity index (χ4v) is 6.23. The minimum absolute atomic E-state index is 0.0380. The maximum absolute atomic E-state index is 13.3. The number of non-ortho nitro benzene ring substituents is 1. The van der Waals surface area contributed by atoms with Crippen LogP contribution >= 0.6 is 39.0 Å². The molecule has 1 atom stereocenters. The lowest BCUT2D eigenvalue weighted by molar-refractivity contribution is -0.384. The summed E-state index contributed by atoms with van der Waals surface area (Å²) in [7, 11) is 0. The lowest BCUT2D eigenvalue weighted by atomic mass is 10.1. The predicted molar refractivity (Wildman–Crippen MR) is 189 cm³/mol. The number of hydrogen-bond acceptors (Lipinski definition) is 8. The van der Waals surface area contributed by atoms with Crippen LogP contribution < -0.4 is 16.0 Å². The zero-order valence-electron chi connectivity index (χ0n) is 24.7. The molecule has 0 saturated carbocycles. The highest BCUT2D eigenvalue weighted by Gasteiger charge is 2.18. The van der Waals surface area contributed by atoms with Gasteiger partial charge in [-0.1, -0.05) is 58.4 Å². The number of rotatable bonds is 11. The fourth-order valence-electron chi connectivity index (χ4n) is 4.23. The summed E-state index contributed by atoms with van der Waals surface area (Å²) in [5.74, 6) is -1.18. The van der Waals surface area contributed by atoms with Crippen molar-refractivity contribution < 1.29 is 19.3 Å². The van der Waals surface area contributed by atoms with Crippen LogP contribution in [0.5, 0.6) is 0 Å². The number of carbonyl (C=O) groups is 3. The average molecular weight is 729 g/mol. The van der Waals surface area contributed by atoms with Gasteiger partial charge < -0.3 is 16.0 Å².